The molecule has 4 aromatic rings. The van der Waals surface area contributed by atoms with Crippen molar-refractivity contribution in [3.05, 3.63) is 87.3 Å². The minimum atomic E-state index is -0.635. The van der Waals surface area contributed by atoms with E-state index in [9.17, 15) is 14.0 Å². The SMILES string of the molecule is Cc1nn(Cc2cccc(F)c2)c(C)c1NC(=O)c1cc(=O)oc2cc(OC(C)C)ccc12. The van der Waals surface area contributed by atoms with Crippen molar-refractivity contribution in [3.63, 3.8) is 0 Å². The predicted octanol–water partition coefficient (Wildman–Crippen LogP) is 4.83. The van der Waals surface area contributed by atoms with E-state index >= 15 is 0 Å². The number of nitrogens with zero attached hydrogens (tertiary/aromatic N) is 2. The lowest BCUT2D eigenvalue weighted by Crippen LogP contribution is -2.16. The van der Waals surface area contributed by atoms with Gasteiger partial charge in [0.25, 0.3) is 5.91 Å². The summed E-state index contributed by atoms with van der Waals surface area (Å²) in [5.41, 5.74) is 2.43. The molecule has 0 saturated carbocycles. The Bertz CT molecular complexity index is 1400. The van der Waals surface area contributed by atoms with Gasteiger partial charge < -0.3 is 14.5 Å². The van der Waals surface area contributed by atoms with Crippen molar-refractivity contribution in [2.24, 2.45) is 0 Å². The standard InChI is InChI=1S/C25H24FN3O4/c1-14(2)32-19-8-9-20-21(12-23(30)33-22(20)11-19)25(31)27-24-15(3)28-29(16(24)4)13-17-6-5-7-18(26)10-17/h5-12,14H,13H2,1-4H3,(H,27,31). The molecule has 0 radical (unpaired) electrons. The summed E-state index contributed by atoms with van der Waals surface area (Å²) in [4.78, 5) is 25.3. The maximum Gasteiger partial charge on any atom is 0.337 e. The van der Waals surface area contributed by atoms with Gasteiger partial charge in [-0.1, -0.05) is 12.1 Å². The summed E-state index contributed by atoms with van der Waals surface area (Å²) in [5.74, 6) is -0.232. The Labute approximate surface area is 189 Å². The zero-order chi connectivity index (χ0) is 23.7. The summed E-state index contributed by atoms with van der Waals surface area (Å²) in [6, 6.07) is 12.5. The maximum absolute atomic E-state index is 13.5. The molecule has 0 aliphatic rings. The van der Waals surface area contributed by atoms with Crippen LogP contribution in [0.2, 0.25) is 0 Å². The molecule has 2 aromatic carbocycles. The van der Waals surface area contributed by atoms with Gasteiger partial charge in [-0.15, -0.1) is 0 Å². The number of anilines is 1. The van der Waals surface area contributed by atoms with Crippen LogP contribution in [0.25, 0.3) is 11.0 Å². The fourth-order valence-corrected chi connectivity index (χ4v) is 3.70. The highest BCUT2D eigenvalue weighted by molar-refractivity contribution is 6.12. The van der Waals surface area contributed by atoms with Crippen molar-refractivity contribution in [1.29, 1.82) is 0 Å². The number of carbonyl (C=O) groups is 1. The van der Waals surface area contributed by atoms with Crippen molar-refractivity contribution < 1.29 is 18.3 Å². The first-order chi connectivity index (χ1) is 15.7. The van der Waals surface area contributed by atoms with Crippen LogP contribution in [0.5, 0.6) is 5.75 Å². The van der Waals surface area contributed by atoms with Gasteiger partial charge in [0.1, 0.15) is 17.1 Å². The molecule has 0 aliphatic carbocycles. The molecule has 0 aliphatic heterocycles. The van der Waals surface area contributed by atoms with Gasteiger partial charge in [-0.3, -0.25) is 9.48 Å². The number of hydrogen-bond donors (Lipinski definition) is 1. The molecule has 2 heterocycles. The topological polar surface area (TPSA) is 86.4 Å². The summed E-state index contributed by atoms with van der Waals surface area (Å²) in [5, 5.41) is 7.85. The van der Waals surface area contributed by atoms with Gasteiger partial charge in [0.15, 0.2) is 0 Å². The second kappa shape index (κ2) is 8.90. The second-order valence-electron chi connectivity index (χ2n) is 8.09. The number of aromatic nitrogens is 2. The lowest BCUT2D eigenvalue weighted by atomic mass is 10.1. The van der Waals surface area contributed by atoms with E-state index in [1.54, 1.807) is 35.9 Å². The van der Waals surface area contributed by atoms with E-state index in [4.69, 9.17) is 9.15 Å². The molecule has 8 heteroatoms. The number of aryl methyl sites for hydroxylation is 1. The Balaban J connectivity index is 1.64. The van der Waals surface area contributed by atoms with Crippen LogP contribution in [-0.2, 0) is 6.54 Å². The van der Waals surface area contributed by atoms with E-state index in [0.29, 0.717) is 34.8 Å². The third-order valence-corrected chi connectivity index (χ3v) is 5.17. The molecule has 170 valence electrons. The number of hydrogen-bond acceptors (Lipinski definition) is 5. The van der Waals surface area contributed by atoms with Gasteiger partial charge in [-0.25, -0.2) is 9.18 Å². The monoisotopic (exact) mass is 449 g/mol. The minimum absolute atomic E-state index is 0.0458. The largest absolute Gasteiger partial charge is 0.491 e. The van der Waals surface area contributed by atoms with Crippen LogP contribution in [0, 0.1) is 19.7 Å². The van der Waals surface area contributed by atoms with Crippen molar-refractivity contribution in [2.45, 2.75) is 40.3 Å². The van der Waals surface area contributed by atoms with Gasteiger partial charge in [0.05, 0.1) is 35.3 Å². The summed E-state index contributed by atoms with van der Waals surface area (Å²) in [7, 11) is 0. The van der Waals surface area contributed by atoms with Crippen LogP contribution >= 0.6 is 0 Å². The zero-order valence-electron chi connectivity index (χ0n) is 18.8. The van der Waals surface area contributed by atoms with E-state index in [2.05, 4.69) is 10.4 Å². The molecule has 1 amide bonds. The number of ether oxygens (including phenoxy) is 1. The maximum atomic E-state index is 13.5. The number of carbonyl (C=O) groups excluding carboxylic acids is 1. The highest BCUT2D eigenvalue weighted by atomic mass is 19.1. The Kier molecular flexibility index (Phi) is 6.00. The Morgan fingerprint density at radius 1 is 1.18 bits per heavy atom. The lowest BCUT2D eigenvalue weighted by molar-refractivity contribution is 0.102. The molecule has 0 spiro atoms. The zero-order valence-corrected chi connectivity index (χ0v) is 18.8. The molecule has 4 rings (SSSR count). The van der Waals surface area contributed by atoms with Crippen LogP contribution in [0.4, 0.5) is 10.1 Å². The Hall–Kier alpha value is -3.94. The molecular weight excluding hydrogens is 425 g/mol. The minimum Gasteiger partial charge on any atom is -0.491 e. The molecule has 7 nitrogen and oxygen atoms in total. The lowest BCUT2D eigenvalue weighted by Gasteiger charge is -2.11. The highest BCUT2D eigenvalue weighted by Gasteiger charge is 2.19. The summed E-state index contributed by atoms with van der Waals surface area (Å²) in [6.07, 6.45) is -0.0458. The van der Waals surface area contributed by atoms with Crippen molar-refractivity contribution in [1.82, 2.24) is 9.78 Å². The fraction of sp³-hybridized carbons (Fsp3) is 0.240. The van der Waals surface area contributed by atoms with Crippen LogP contribution < -0.4 is 15.7 Å². The average Bonchev–Trinajstić information content (AvgIpc) is 2.99. The van der Waals surface area contributed by atoms with Gasteiger partial charge in [0.2, 0.25) is 0 Å². The number of nitrogens with one attached hydrogen (secondary N) is 1. The molecule has 1 N–H and O–H groups in total. The van der Waals surface area contributed by atoms with Crippen LogP contribution in [-0.4, -0.2) is 21.8 Å². The second-order valence-corrected chi connectivity index (χ2v) is 8.09. The first-order valence-electron chi connectivity index (χ1n) is 10.6. The van der Waals surface area contributed by atoms with E-state index < -0.39 is 11.5 Å². The smallest absolute Gasteiger partial charge is 0.337 e. The van der Waals surface area contributed by atoms with Crippen molar-refractivity contribution in [2.75, 3.05) is 5.32 Å². The molecular formula is C25H24FN3O4. The fourth-order valence-electron chi connectivity index (χ4n) is 3.70. The number of rotatable bonds is 6. The van der Waals surface area contributed by atoms with Crippen molar-refractivity contribution in [3.8, 4) is 5.75 Å². The summed E-state index contributed by atoms with van der Waals surface area (Å²) >= 11 is 0. The first kappa shape index (κ1) is 22.3. The average molecular weight is 449 g/mol. The first-order valence-corrected chi connectivity index (χ1v) is 10.6. The highest BCUT2D eigenvalue weighted by Crippen LogP contribution is 2.26. The third-order valence-electron chi connectivity index (χ3n) is 5.17. The molecule has 2 aromatic heterocycles. The summed E-state index contributed by atoms with van der Waals surface area (Å²) in [6.45, 7) is 7.74. The van der Waals surface area contributed by atoms with Crippen molar-refractivity contribution >= 4 is 22.6 Å². The Morgan fingerprint density at radius 2 is 1.97 bits per heavy atom. The number of halogens is 1. The van der Waals surface area contributed by atoms with Crippen LogP contribution in [0.15, 0.2) is 57.7 Å². The molecule has 0 saturated heterocycles. The Morgan fingerprint density at radius 3 is 2.70 bits per heavy atom. The quantitative estimate of drug-likeness (QED) is 0.426. The number of amides is 1. The van der Waals surface area contributed by atoms with Gasteiger partial charge >= 0.3 is 5.63 Å². The van der Waals surface area contributed by atoms with E-state index in [0.717, 1.165) is 5.56 Å². The predicted molar refractivity (Wildman–Crippen MR) is 123 cm³/mol. The van der Waals surface area contributed by atoms with E-state index in [1.807, 2.05) is 26.8 Å². The molecule has 0 atom stereocenters. The van der Waals surface area contributed by atoms with E-state index in [-0.39, 0.29) is 23.1 Å². The van der Waals surface area contributed by atoms with Gasteiger partial charge in [-0.2, -0.15) is 5.10 Å². The molecule has 0 bridgehead atoms. The van der Waals surface area contributed by atoms with Crippen LogP contribution in [0.3, 0.4) is 0 Å². The molecule has 0 fully saturated rings. The van der Waals surface area contributed by atoms with E-state index in [1.165, 1.54) is 18.2 Å². The van der Waals surface area contributed by atoms with Gasteiger partial charge in [-0.05, 0) is 57.5 Å². The molecule has 33 heavy (non-hydrogen) atoms. The molecule has 0 unspecified atom stereocenters. The summed E-state index contributed by atoms with van der Waals surface area (Å²) < 4.78 is 26.2. The number of fused-ring (bicyclic) bond motifs is 1. The number of benzene rings is 2. The van der Waals surface area contributed by atoms with Crippen LogP contribution in [0.1, 0.15) is 41.2 Å². The third kappa shape index (κ3) is 4.79. The normalized spacial score (nSPS) is 11.2. The van der Waals surface area contributed by atoms with Gasteiger partial charge in [0, 0.05) is 17.5 Å².